The number of carbonyl (C=O) groups is 1. The van der Waals surface area contributed by atoms with E-state index in [1.807, 2.05) is 26.0 Å². The summed E-state index contributed by atoms with van der Waals surface area (Å²) in [6.07, 6.45) is -6.86. The third-order valence-electron chi connectivity index (χ3n) is 7.50. The quantitative estimate of drug-likeness (QED) is 0.110. The average molecular weight is 687 g/mol. The van der Waals surface area contributed by atoms with E-state index in [0.717, 1.165) is 23.8 Å². The summed E-state index contributed by atoms with van der Waals surface area (Å²) in [6, 6.07) is 13.2. The number of benzene rings is 3. The predicted molar refractivity (Wildman–Crippen MR) is 168 cm³/mol. The molecule has 0 amide bonds. The van der Waals surface area contributed by atoms with Crippen LogP contribution in [0, 0.1) is 11.3 Å². The van der Waals surface area contributed by atoms with Crippen LogP contribution in [0.4, 0.5) is 32.3 Å². The van der Waals surface area contributed by atoms with Crippen LogP contribution in [0.3, 0.4) is 0 Å². The molecule has 14 heteroatoms. The van der Waals surface area contributed by atoms with Crippen LogP contribution in [0.15, 0.2) is 67.0 Å². The van der Waals surface area contributed by atoms with Crippen molar-refractivity contribution in [1.82, 2.24) is 9.97 Å². The molecule has 4 rings (SSSR count). The average Bonchev–Trinajstić information content (AvgIpc) is 3.05. The molecule has 0 saturated heterocycles. The fraction of sp³-hybridized carbons (Fsp3) is 0.314. The minimum absolute atomic E-state index is 0.0388. The lowest BCUT2D eigenvalue weighted by Gasteiger charge is -2.26. The van der Waals surface area contributed by atoms with Gasteiger partial charge < -0.3 is 19.5 Å². The Bertz CT molecular complexity index is 1820. The minimum atomic E-state index is -4.77. The van der Waals surface area contributed by atoms with Crippen molar-refractivity contribution in [3.05, 3.63) is 100 Å². The molecule has 0 saturated carbocycles. The van der Waals surface area contributed by atoms with Crippen molar-refractivity contribution in [1.29, 1.82) is 5.26 Å². The van der Waals surface area contributed by atoms with Crippen molar-refractivity contribution in [3.63, 3.8) is 0 Å². The maximum Gasteiger partial charge on any atom is 0.416 e. The summed E-state index contributed by atoms with van der Waals surface area (Å²) in [4.78, 5) is 20.7. The Hall–Kier alpha value is -5.32. The zero-order valence-corrected chi connectivity index (χ0v) is 26.7. The summed E-state index contributed by atoms with van der Waals surface area (Å²) in [5, 5.41) is 18.3. The number of carboxylic acid groups (broad SMARTS) is 1. The van der Waals surface area contributed by atoms with Gasteiger partial charge in [-0.15, -0.1) is 0 Å². The van der Waals surface area contributed by atoms with Gasteiger partial charge in [-0.1, -0.05) is 26.0 Å². The first-order chi connectivity index (χ1) is 23.1. The molecule has 0 atom stereocenters. The molecule has 1 aromatic heterocycles. The molecule has 0 radical (unpaired) electrons. The lowest BCUT2D eigenvalue weighted by atomic mass is 9.92. The number of anilines is 1. The summed E-state index contributed by atoms with van der Waals surface area (Å²) < 4.78 is 94.4. The number of aliphatic carboxylic acids is 1. The van der Waals surface area contributed by atoms with Gasteiger partial charge in [0, 0.05) is 25.1 Å². The molecule has 8 nitrogen and oxygen atoms in total. The summed E-state index contributed by atoms with van der Waals surface area (Å²) in [7, 11) is 1.43. The number of rotatable bonds is 13. The van der Waals surface area contributed by atoms with Gasteiger partial charge in [-0.3, -0.25) is 4.79 Å². The van der Waals surface area contributed by atoms with Crippen molar-refractivity contribution < 1.29 is 45.7 Å². The first-order valence-corrected chi connectivity index (χ1v) is 15.0. The van der Waals surface area contributed by atoms with Crippen molar-refractivity contribution in [2.45, 2.75) is 58.0 Å². The third kappa shape index (κ3) is 9.62. The number of carboxylic acids is 1. The third-order valence-corrected chi connectivity index (χ3v) is 7.50. The molecule has 0 aliphatic carbocycles. The van der Waals surface area contributed by atoms with E-state index >= 15 is 0 Å². The van der Waals surface area contributed by atoms with Crippen LogP contribution in [-0.4, -0.2) is 34.8 Å². The first-order valence-electron chi connectivity index (χ1n) is 15.0. The number of nitriles is 1. The highest BCUT2D eigenvalue weighted by Gasteiger charge is 2.33. The zero-order chi connectivity index (χ0) is 35.9. The Kier molecular flexibility index (Phi) is 11.4. The van der Waals surface area contributed by atoms with Gasteiger partial charge >= 0.3 is 18.3 Å². The summed E-state index contributed by atoms with van der Waals surface area (Å²) in [6.45, 7) is 3.34. The van der Waals surface area contributed by atoms with Gasteiger partial charge in [0.15, 0.2) is 5.75 Å². The Morgan fingerprint density at radius 1 is 0.918 bits per heavy atom. The first kappa shape index (κ1) is 36.5. The Morgan fingerprint density at radius 3 is 2.20 bits per heavy atom. The fourth-order valence-corrected chi connectivity index (χ4v) is 5.05. The maximum atomic E-state index is 14.0. The Labute approximate surface area is 278 Å². The van der Waals surface area contributed by atoms with Gasteiger partial charge in [0.05, 0.1) is 48.9 Å². The van der Waals surface area contributed by atoms with Crippen molar-refractivity contribution in [2.24, 2.45) is 0 Å². The number of aromatic nitrogens is 2. The van der Waals surface area contributed by atoms with Gasteiger partial charge in [0.2, 0.25) is 5.95 Å². The molecule has 3 aromatic carbocycles. The van der Waals surface area contributed by atoms with Gasteiger partial charge in [-0.2, -0.15) is 31.6 Å². The van der Waals surface area contributed by atoms with Crippen LogP contribution in [0.1, 0.15) is 66.0 Å². The van der Waals surface area contributed by atoms with E-state index in [4.69, 9.17) is 14.6 Å². The normalized spacial score (nSPS) is 11.7. The van der Waals surface area contributed by atoms with Crippen LogP contribution < -0.4 is 14.4 Å². The summed E-state index contributed by atoms with van der Waals surface area (Å²) in [5.41, 5.74) is -0.285. The number of methoxy groups -OCH3 is 1. The number of halogens is 6. The largest absolute Gasteiger partial charge is 0.496 e. The van der Waals surface area contributed by atoms with Gasteiger partial charge in [-0.25, -0.2) is 9.97 Å². The van der Waals surface area contributed by atoms with Crippen LogP contribution >= 0.6 is 0 Å². The molecule has 1 N–H and O–H groups in total. The van der Waals surface area contributed by atoms with Gasteiger partial charge in [0.1, 0.15) is 5.75 Å². The number of nitrogens with zero attached hydrogens (tertiary/aromatic N) is 4. The van der Waals surface area contributed by atoms with Crippen LogP contribution in [0.2, 0.25) is 0 Å². The second-order valence-corrected chi connectivity index (χ2v) is 11.4. The molecule has 0 fully saturated rings. The highest BCUT2D eigenvalue weighted by atomic mass is 19.4. The van der Waals surface area contributed by atoms with Crippen molar-refractivity contribution in [2.75, 3.05) is 18.6 Å². The van der Waals surface area contributed by atoms with Gasteiger partial charge in [0.25, 0.3) is 0 Å². The summed E-state index contributed by atoms with van der Waals surface area (Å²) in [5.74, 6) is -0.404. The SMILES string of the molecule is COc1ccc(C(C)C)cc1-c1ccc(C(F)(F)F)cc1CN(Cc1cc(C#N)cc(C(F)(F)F)c1)c1ncc(OCCCC(=O)O)cn1. The van der Waals surface area contributed by atoms with E-state index in [1.165, 1.54) is 36.5 Å². The summed E-state index contributed by atoms with van der Waals surface area (Å²) >= 11 is 0. The van der Waals surface area contributed by atoms with Crippen LogP contribution in [0.25, 0.3) is 11.1 Å². The Balaban J connectivity index is 1.84. The topological polar surface area (TPSA) is 109 Å². The molecular formula is C35H32F6N4O4. The smallest absolute Gasteiger partial charge is 0.416 e. The molecule has 258 valence electrons. The number of ether oxygens (including phenoxy) is 2. The monoisotopic (exact) mass is 686 g/mol. The fourth-order valence-electron chi connectivity index (χ4n) is 5.05. The van der Waals surface area contributed by atoms with Crippen molar-refractivity contribution >= 4 is 11.9 Å². The molecule has 4 aromatic rings. The molecular weight excluding hydrogens is 654 g/mol. The molecule has 0 unspecified atom stereocenters. The molecule has 0 spiro atoms. The molecule has 0 bridgehead atoms. The lowest BCUT2D eigenvalue weighted by molar-refractivity contribution is -0.138. The Morgan fingerprint density at radius 2 is 1.61 bits per heavy atom. The second kappa shape index (κ2) is 15.3. The van der Waals surface area contributed by atoms with E-state index in [9.17, 15) is 36.4 Å². The number of alkyl halides is 6. The van der Waals surface area contributed by atoms with Crippen LogP contribution in [-0.2, 0) is 30.2 Å². The molecule has 0 aliphatic heterocycles. The predicted octanol–water partition coefficient (Wildman–Crippen LogP) is 8.64. The minimum Gasteiger partial charge on any atom is -0.496 e. The molecule has 1 heterocycles. The van der Waals surface area contributed by atoms with E-state index in [1.54, 1.807) is 12.1 Å². The van der Waals surface area contributed by atoms with Crippen LogP contribution in [0.5, 0.6) is 11.5 Å². The number of hydrogen-bond donors (Lipinski definition) is 1. The second-order valence-electron chi connectivity index (χ2n) is 11.4. The van der Waals surface area contributed by atoms with E-state index in [-0.39, 0.29) is 66.8 Å². The van der Waals surface area contributed by atoms with E-state index < -0.39 is 29.4 Å². The molecule has 0 aliphatic rings. The van der Waals surface area contributed by atoms with Crippen molar-refractivity contribution in [3.8, 4) is 28.7 Å². The highest BCUT2D eigenvalue weighted by Crippen LogP contribution is 2.39. The molecule has 49 heavy (non-hydrogen) atoms. The highest BCUT2D eigenvalue weighted by molar-refractivity contribution is 5.75. The van der Waals surface area contributed by atoms with Gasteiger partial charge in [-0.05, 0) is 77.1 Å². The number of hydrogen-bond acceptors (Lipinski definition) is 7. The maximum absolute atomic E-state index is 14.0. The lowest BCUT2D eigenvalue weighted by Crippen LogP contribution is -2.25. The standard InChI is InChI=1S/C35H32F6N4O4/c1-21(2)24-6-9-31(48-3)30(15-24)29-8-7-26(34(36,37)38)14-25(29)20-45(19-23-11-22(16-42)12-27(13-23)35(39,40)41)33-43-17-28(18-44-33)49-10-4-5-32(46)47/h6-9,11-15,17-18,21H,4-5,10,19-20H2,1-3H3,(H,46,47). The van der Waals surface area contributed by atoms with E-state index in [2.05, 4.69) is 9.97 Å². The van der Waals surface area contributed by atoms with E-state index in [0.29, 0.717) is 22.9 Å². The zero-order valence-electron chi connectivity index (χ0n) is 26.7.